The third-order valence-corrected chi connectivity index (χ3v) is 5.96. The molecular formula is C21H22N2O6. The summed E-state index contributed by atoms with van der Waals surface area (Å²) in [5, 5.41) is 2.60. The van der Waals surface area contributed by atoms with E-state index in [4.69, 9.17) is 9.47 Å². The van der Waals surface area contributed by atoms with Crippen molar-refractivity contribution < 1.29 is 28.7 Å². The number of hydrogen-bond acceptors (Lipinski definition) is 6. The molecule has 1 heterocycles. The lowest BCUT2D eigenvalue weighted by Crippen LogP contribution is -2.45. The molecule has 1 aromatic carbocycles. The molecule has 1 saturated carbocycles. The second-order valence-electron chi connectivity index (χ2n) is 7.58. The quantitative estimate of drug-likeness (QED) is 0.441. The molecule has 1 saturated heterocycles. The Morgan fingerprint density at radius 3 is 2.38 bits per heavy atom. The number of likely N-dealkylation sites (tertiary alicyclic amines) is 1. The summed E-state index contributed by atoms with van der Waals surface area (Å²) in [4.78, 5) is 51.0. The predicted octanol–water partition coefficient (Wildman–Crippen LogP) is 1.37. The molecule has 2 bridgehead atoms. The molecule has 152 valence electrons. The van der Waals surface area contributed by atoms with Crippen molar-refractivity contribution in [2.75, 3.05) is 19.0 Å². The van der Waals surface area contributed by atoms with Gasteiger partial charge >= 0.3 is 5.97 Å². The molecule has 8 nitrogen and oxygen atoms in total. The average molecular weight is 398 g/mol. The van der Waals surface area contributed by atoms with E-state index in [9.17, 15) is 19.2 Å². The molecule has 3 amide bonds. The minimum absolute atomic E-state index is 0.0706. The van der Waals surface area contributed by atoms with E-state index in [1.54, 1.807) is 24.3 Å². The standard InChI is InChI=1S/C21H22N2O6/c1-11(23-19(25)17-12-7-8-13(9-12)18(17)20(23)26)21(27)29-10-16(24)22-14-5-3-4-6-15(14)28-2/h3-8,11-13,17-18H,9-10H2,1-2H3,(H,22,24)/t11-,12-,13-,17+,18+/m0/s1. The van der Waals surface area contributed by atoms with Crippen LogP contribution in [0.3, 0.4) is 0 Å². The van der Waals surface area contributed by atoms with Crippen molar-refractivity contribution in [3.05, 3.63) is 36.4 Å². The van der Waals surface area contributed by atoms with Gasteiger partial charge < -0.3 is 14.8 Å². The normalized spacial score (nSPS) is 27.7. The van der Waals surface area contributed by atoms with Gasteiger partial charge in [0.25, 0.3) is 5.91 Å². The van der Waals surface area contributed by atoms with Crippen LogP contribution in [0.25, 0.3) is 0 Å². The number of carbonyl (C=O) groups is 4. The predicted molar refractivity (Wildman–Crippen MR) is 102 cm³/mol. The van der Waals surface area contributed by atoms with Gasteiger partial charge in [-0.25, -0.2) is 4.79 Å². The first kappa shape index (κ1) is 19.2. The molecule has 29 heavy (non-hydrogen) atoms. The molecule has 2 aliphatic carbocycles. The number of carbonyl (C=O) groups excluding carboxylic acids is 4. The second-order valence-corrected chi connectivity index (χ2v) is 7.58. The van der Waals surface area contributed by atoms with Gasteiger partial charge in [-0.15, -0.1) is 0 Å². The Morgan fingerprint density at radius 1 is 1.14 bits per heavy atom. The molecule has 1 N–H and O–H groups in total. The summed E-state index contributed by atoms with van der Waals surface area (Å²) < 4.78 is 10.2. The zero-order valence-electron chi connectivity index (χ0n) is 16.2. The third-order valence-electron chi connectivity index (χ3n) is 5.96. The van der Waals surface area contributed by atoms with Crippen LogP contribution in [0.4, 0.5) is 5.69 Å². The molecule has 8 heteroatoms. The Labute approximate surface area is 167 Å². The second kappa shape index (κ2) is 7.35. The molecule has 4 rings (SSSR count). The highest BCUT2D eigenvalue weighted by molar-refractivity contribution is 6.09. The fourth-order valence-corrected chi connectivity index (χ4v) is 4.60. The van der Waals surface area contributed by atoms with Gasteiger partial charge in [0.2, 0.25) is 11.8 Å². The van der Waals surface area contributed by atoms with Crippen LogP contribution in [0.1, 0.15) is 13.3 Å². The van der Waals surface area contributed by atoms with E-state index in [0.717, 1.165) is 11.3 Å². The van der Waals surface area contributed by atoms with Crippen molar-refractivity contribution >= 4 is 29.4 Å². The fourth-order valence-electron chi connectivity index (χ4n) is 4.60. The number of esters is 1. The summed E-state index contributed by atoms with van der Waals surface area (Å²) in [6, 6.07) is 5.77. The lowest BCUT2D eigenvalue weighted by atomic mass is 9.85. The molecule has 2 fully saturated rings. The summed E-state index contributed by atoms with van der Waals surface area (Å²) in [6.07, 6.45) is 4.81. The maximum atomic E-state index is 12.8. The van der Waals surface area contributed by atoms with Crippen LogP contribution in [-0.2, 0) is 23.9 Å². The van der Waals surface area contributed by atoms with E-state index in [2.05, 4.69) is 5.32 Å². The average Bonchev–Trinajstić information content (AvgIpc) is 3.40. The highest BCUT2D eigenvalue weighted by atomic mass is 16.5. The SMILES string of the molecule is COc1ccccc1NC(=O)COC(=O)[C@H](C)N1C(=O)[C@H]2[C@H](C1=O)[C@H]1C=C[C@H]2C1. The van der Waals surface area contributed by atoms with E-state index in [-0.39, 0.29) is 35.5 Å². The van der Waals surface area contributed by atoms with Gasteiger partial charge in [-0.05, 0) is 37.3 Å². The number of rotatable bonds is 6. The zero-order chi connectivity index (χ0) is 20.7. The maximum absolute atomic E-state index is 12.8. The number of imide groups is 1. The van der Waals surface area contributed by atoms with Gasteiger partial charge in [0, 0.05) is 0 Å². The van der Waals surface area contributed by atoms with Crippen LogP contribution in [0.2, 0.25) is 0 Å². The first-order valence-electron chi connectivity index (χ1n) is 9.57. The van der Waals surface area contributed by atoms with E-state index in [0.29, 0.717) is 11.4 Å². The number of nitrogens with one attached hydrogen (secondary N) is 1. The van der Waals surface area contributed by atoms with Crippen LogP contribution in [-0.4, -0.2) is 48.3 Å². The van der Waals surface area contributed by atoms with Crippen LogP contribution < -0.4 is 10.1 Å². The highest BCUT2D eigenvalue weighted by Crippen LogP contribution is 2.52. The zero-order valence-corrected chi connectivity index (χ0v) is 16.2. The summed E-state index contributed by atoms with van der Waals surface area (Å²) in [6.45, 7) is 0.920. The molecule has 3 aliphatic rings. The number of fused-ring (bicyclic) bond motifs is 5. The summed E-state index contributed by atoms with van der Waals surface area (Å²) in [7, 11) is 1.48. The minimum Gasteiger partial charge on any atom is -0.495 e. The number of para-hydroxylation sites is 2. The number of ether oxygens (including phenoxy) is 2. The third kappa shape index (κ3) is 3.18. The van der Waals surface area contributed by atoms with Gasteiger partial charge in [-0.2, -0.15) is 0 Å². The summed E-state index contributed by atoms with van der Waals surface area (Å²) >= 11 is 0. The molecule has 1 aromatic rings. The number of nitrogens with zero attached hydrogens (tertiary/aromatic N) is 1. The van der Waals surface area contributed by atoms with Crippen molar-refractivity contribution in [2.45, 2.75) is 19.4 Å². The van der Waals surface area contributed by atoms with E-state index < -0.39 is 24.5 Å². The Bertz CT molecular complexity index is 880. The molecular weight excluding hydrogens is 376 g/mol. The van der Waals surface area contributed by atoms with Crippen LogP contribution >= 0.6 is 0 Å². The van der Waals surface area contributed by atoms with E-state index in [1.165, 1.54) is 14.0 Å². The molecule has 5 atom stereocenters. The minimum atomic E-state index is -1.07. The van der Waals surface area contributed by atoms with Crippen molar-refractivity contribution in [3.63, 3.8) is 0 Å². The Kier molecular flexibility index (Phi) is 4.86. The van der Waals surface area contributed by atoms with E-state index in [1.807, 2.05) is 12.2 Å². The van der Waals surface area contributed by atoms with Gasteiger partial charge in [-0.3, -0.25) is 19.3 Å². The van der Waals surface area contributed by atoms with Crippen LogP contribution in [0, 0.1) is 23.7 Å². The molecule has 0 unspecified atom stereocenters. The smallest absolute Gasteiger partial charge is 0.329 e. The summed E-state index contributed by atoms with van der Waals surface area (Å²) in [5.74, 6) is -2.11. The topological polar surface area (TPSA) is 102 Å². The lowest BCUT2D eigenvalue weighted by molar-refractivity contribution is -0.159. The molecule has 0 aromatic heterocycles. The maximum Gasteiger partial charge on any atom is 0.329 e. The summed E-state index contributed by atoms with van der Waals surface area (Å²) in [5.41, 5.74) is 0.449. The van der Waals surface area contributed by atoms with Crippen LogP contribution in [0.15, 0.2) is 36.4 Å². The van der Waals surface area contributed by atoms with Crippen molar-refractivity contribution in [2.24, 2.45) is 23.7 Å². The van der Waals surface area contributed by atoms with Gasteiger partial charge in [0.05, 0.1) is 24.6 Å². The number of benzene rings is 1. The van der Waals surface area contributed by atoms with Crippen molar-refractivity contribution in [3.8, 4) is 5.75 Å². The number of methoxy groups -OCH3 is 1. The number of hydrogen-bond donors (Lipinski definition) is 1. The Balaban J connectivity index is 1.35. The first-order chi connectivity index (χ1) is 13.9. The number of anilines is 1. The van der Waals surface area contributed by atoms with Gasteiger partial charge in [-0.1, -0.05) is 24.3 Å². The molecule has 0 spiro atoms. The number of amides is 3. The van der Waals surface area contributed by atoms with Crippen molar-refractivity contribution in [1.29, 1.82) is 0 Å². The lowest BCUT2D eigenvalue weighted by Gasteiger charge is -2.23. The molecule has 0 radical (unpaired) electrons. The highest BCUT2D eigenvalue weighted by Gasteiger charge is 2.60. The fraction of sp³-hybridized carbons (Fsp3) is 0.429. The van der Waals surface area contributed by atoms with E-state index >= 15 is 0 Å². The van der Waals surface area contributed by atoms with Gasteiger partial charge in [0.15, 0.2) is 6.61 Å². The molecule has 1 aliphatic heterocycles. The number of allylic oxidation sites excluding steroid dienone is 2. The van der Waals surface area contributed by atoms with Crippen LogP contribution in [0.5, 0.6) is 5.75 Å². The monoisotopic (exact) mass is 398 g/mol. The first-order valence-corrected chi connectivity index (χ1v) is 9.57. The largest absolute Gasteiger partial charge is 0.495 e. The Hall–Kier alpha value is -3.16. The van der Waals surface area contributed by atoms with Gasteiger partial charge in [0.1, 0.15) is 11.8 Å². The van der Waals surface area contributed by atoms with Crippen molar-refractivity contribution in [1.82, 2.24) is 4.90 Å². The Morgan fingerprint density at radius 2 is 1.76 bits per heavy atom.